The highest BCUT2D eigenvalue weighted by Gasteiger charge is 2.17. The zero-order valence-corrected chi connectivity index (χ0v) is 15.4. The lowest BCUT2D eigenvalue weighted by molar-refractivity contribution is -0.385. The third-order valence-corrected chi connectivity index (χ3v) is 5.68. The van der Waals surface area contributed by atoms with Gasteiger partial charge in [0.1, 0.15) is 12.4 Å². The molecule has 0 aliphatic heterocycles. The predicted octanol–water partition coefficient (Wildman–Crippen LogP) is 3.66. The molecule has 3 aromatic heterocycles. The van der Waals surface area contributed by atoms with Crippen LogP contribution in [0.5, 0.6) is 0 Å². The van der Waals surface area contributed by atoms with E-state index in [0.29, 0.717) is 12.4 Å². The highest BCUT2D eigenvalue weighted by atomic mass is 32.2. The number of aryl methyl sites for hydroxylation is 1. The molecule has 0 N–H and O–H groups in total. The Morgan fingerprint density at radius 1 is 1.44 bits per heavy atom. The Morgan fingerprint density at radius 2 is 2.24 bits per heavy atom. The van der Waals surface area contributed by atoms with Crippen LogP contribution in [-0.4, -0.2) is 29.5 Å². The number of thioether (sulfide) groups is 1. The summed E-state index contributed by atoms with van der Waals surface area (Å²) in [6, 6.07) is 0. The van der Waals surface area contributed by atoms with Crippen LogP contribution in [-0.2, 0) is 12.4 Å². The third-order valence-electron chi connectivity index (χ3n) is 3.71. The quantitative estimate of drug-likeness (QED) is 0.270. The molecule has 25 heavy (non-hydrogen) atoms. The number of aromatic nitrogens is 5. The van der Waals surface area contributed by atoms with Crippen LogP contribution in [0, 0.1) is 24.0 Å². The Balaban J connectivity index is 1.85. The van der Waals surface area contributed by atoms with E-state index in [1.54, 1.807) is 17.4 Å². The van der Waals surface area contributed by atoms with Crippen molar-refractivity contribution in [2.75, 3.05) is 0 Å². The van der Waals surface area contributed by atoms with Gasteiger partial charge in [-0.3, -0.25) is 19.4 Å². The Morgan fingerprint density at radius 3 is 2.84 bits per heavy atom. The average Bonchev–Trinajstić information content (AvgIpc) is 3.27. The number of nitro groups is 1. The molecular formula is C15H16N6O2S2. The Hall–Kier alpha value is -2.46. The first-order chi connectivity index (χ1) is 12.0. The highest BCUT2D eigenvalue weighted by Crippen LogP contribution is 2.31. The van der Waals surface area contributed by atoms with Crippen LogP contribution in [0.1, 0.15) is 10.4 Å². The average molecular weight is 376 g/mol. The summed E-state index contributed by atoms with van der Waals surface area (Å²) in [5.74, 6) is 1.21. The molecule has 0 fully saturated rings. The smallest absolute Gasteiger partial charge is 0.298 e. The molecule has 0 radical (unpaired) electrons. The molecule has 0 atom stereocenters. The van der Waals surface area contributed by atoms with E-state index in [1.165, 1.54) is 39.3 Å². The normalized spacial score (nSPS) is 11.0. The van der Waals surface area contributed by atoms with Crippen molar-refractivity contribution in [3.63, 3.8) is 0 Å². The molecule has 0 saturated carbocycles. The zero-order chi connectivity index (χ0) is 18.0. The van der Waals surface area contributed by atoms with Crippen LogP contribution in [0.3, 0.4) is 0 Å². The van der Waals surface area contributed by atoms with Gasteiger partial charge in [0.25, 0.3) is 0 Å². The minimum atomic E-state index is -0.464. The Bertz CT molecular complexity index is 926. The maximum Gasteiger partial charge on any atom is 0.307 e. The second-order valence-corrected chi connectivity index (χ2v) is 7.30. The molecular weight excluding hydrogens is 360 g/mol. The molecule has 0 aliphatic carbocycles. The van der Waals surface area contributed by atoms with E-state index >= 15 is 0 Å². The van der Waals surface area contributed by atoms with Crippen LogP contribution in [0.2, 0.25) is 0 Å². The van der Waals surface area contributed by atoms with Crippen LogP contribution >= 0.6 is 23.1 Å². The summed E-state index contributed by atoms with van der Waals surface area (Å²) in [7, 11) is 0. The molecule has 10 heteroatoms. The molecule has 3 aromatic rings. The minimum absolute atomic E-state index is 0.0294. The summed E-state index contributed by atoms with van der Waals surface area (Å²) in [5, 5.41) is 26.1. The molecule has 0 amide bonds. The van der Waals surface area contributed by atoms with Gasteiger partial charge in [0, 0.05) is 22.4 Å². The molecule has 130 valence electrons. The fraction of sp³-hybridized carbons (Fsp3) is 0.267. The van der Waals surface area contributed by atoms with Gasteiger partial charge in [-0.15, -0.1) is 28.1 Å². The summed E-state index contributed by atoms with van der Waals surface area (Å²) in [4.78, 5) is 11.5. The van der Waals surface area contributed by atoms with Gasteiger partial charge in [-0.05, 0) is 19.4 Å². The van der Waals surface area contributed by atoms with E-state index < -0.39 is 4.92 Å². The fourth-order valence-electron chi connectivity index (χ4n) is 2.26. The van der Waals surface area contributed by atoms with Gasteiger partial charge in [-0.2, -0.15) is 5.10 Å². The zero-order valence-electron chi connectivity index (χ0n) is 13.7. The molecule has 0 saturated heterocycles. The number of rotatable bonds is 7. The molecule has 3 rings (SSSR count). The third kappa shape index (κ3) is 3.49. The first-order valence-electron chi connectivity index (χ1n) is 7.40. The topological polar surface area (TPSA) is 91.7 Å². The second kappa shape index (κ2) is 7.19. The van der Waals surface area contributed by atoms with Gasteiger partial charge in [-0.25, -0.2) is 0 Å². The van der Waals surface area contributed by atoms with E-state index in [2.05, 4.69) is 41.1 Å². The highest BCUT2D eigenvalue weighted by molar-refractivity contribution is 7.98. The standard InChI is InChI=1S/C15H16N6O2S2/c1-4-5-20-14(13-8-24-11(3)10(13)2)17-18-15(20)25-9-19-7-12(6-16-19)21(22)23/h4,6-8H,1,5,9H2,2-3H3. The summed E-state index contributed by atoms with van der Waals surface area (Å²) in [5.41, 5.74) is 2.23. The minimum Gasteiger partial charge on any atom is -0.298 e. The Labute approximate surface area is 152 Å². The van der Waals surface area contributed by atoms with Gasteiger partial charge >= 0.3 is 5.69 Å². The van der Waals surface area contributed by atoms with E-state index in [-0.39, 0.29) is 5.69 Å². The molecule has 0 unspecified atom stereocenters. The molecule has 8 nitrogen and oxygen atoms in total. The summed E-state index contributed by atoms with van der Waals surface area (Å²) >= 11 is 3.10. The van der Waals surface area contributed by atoms with E-state index in [4.69, 9.17) is 0 Å². The number of hydrogen-bond donors (Lipinski definition) is 0. The number of hydrogen-bond acceptors (Lipinski definition) is 7. The van der Waals surface area contributed by atoms with E-state index in [0.717, 1.165) is 16.5 Å². The lowest BCUT2D eigenvalue weighted by Gasteiger charge is -2.07. The summed E-state index contributed by atoms with van der Waals surface area (Å²) < 4.78 is 3.50. The van der Waals surface area contributed by atoms with Crippen molar-refractivity contribution in [1.82, 2.24) is 24.5 Å². The van der Waals surface area contributed by atoms with Crippen LogP contribution in [0.15, 0.2) is 35.6 Å². The molecule has 0 aliphatic rings. The first kappa shape index (κ1) is 17.4. The summed E-state index contributed by atoms with van der Waals surface area (Å²) in [6.07, 6.45) is 4.43. The number of thiophene rings is 1. The van der Waals surface area contributed by atoms with Gasteiger partial charge in [0.05, 0.1) is 10.8 Å². The van der Waals surface area contributed by atoms with Crippen molar-refractivity contribution < 1.29 is 4.92 Å². The van der Waals surface area contributed by atoms with Crippen molar-refractivity contribution in [1.29, 1.82) is 0 Å². The van der Waals surface area contributed by atoms with E-state index in [9.17, 15) is 10.1 Å². The van der Waals surface area contributed by atoms with Gasteiger partial charge in [0.15, 0.2) is 11.0 Å². The van der Waals surface area contributed by atoms with Crippen molar-refractivity contribution in [3.8, 4) is 11.4 Å². The lowest BCUT2D eigenvalue weighted by atomic mass is 10.1. The number of allylic oxidation sites excluding steroid dienone is 1. The monoisotopic (exact) mass is 376 g/mol. The van der Waals surface area contributed by atoms with Crippen molar-refractivity contribution in [3.05, 3.63) is 51.0 Å². The fourth-order valence-corrected chi connectivity index (χ4v) is 3.93. The molecule has 0 spiro atoms. The SMILES string of the molecule is C=CCn1c(SCn2cc([N+](=O)[O-])cn2)nnc1-c1csc(C)c1C. The largest absolute Gasteiger partial charge is 0.307 e. The van der Waals surface area contributed by atoms with Crippen molar-refractivity contribution in [2.45, 2.75) is 31.4 Å². The maximum absolute atomic E-state index is 10.7. The number of nitrogens with zero attached hydrogens (tertiary/aromatic N) is 6. The van der Waals surface area contributed by atoms with Gasteiger partial charge in [-0.1, -0.05) is 17.8 Å². The maximum atomic E-state index is 10.7. The Kier molecular flexibility index (Phi) is 5.00. The predicted molar refractivity (Wildman–Crippen MR) is 97.7 cm³/mol. The van der Waals surface area contributed by atoms with Gasteiger partial charge in [0.2, 0.25) is 0 Å². The van der Waals surface area contributed by atoms with Crippen LogP contribution in [0.4, 0.5) is 5.69 Å². The van der Waals surface area contributed by atoms with E-state index in [1.807, 2.05) is 4.57 Å². The first-order valence-corrected chi connectivity index (χ1v) is 9.26. The molecule has 0 aromatic carbocycles. The molecule has 3 heterocycles. The molecule has 0 bridgehead atoms. The lowest BCUT2D eigenvalue weighted by Crippen LogP contribution is -2.02. The van der Waals surface area contributed by atoms with Crippen molar-refractivity contribution >= 4 is 28.8 Å². The van der Waals surface area contributed by atoms with Crippen LogP contribution in [0.25, 0.3) is 11.4 Å². The van der Waals surface area contributed by atoms with Gasteiger partial charge < -0.3 is 0 Å². The van der Waals surface area contributed by atoms with Crippen molar-refractivity contribution in [2.24, 2.45) is 0 Å². The second-order valence-electron chi connectivity index (χ2n) is 5.30. The summed E-state index contributed by atoms with van der Waals surface area (Å²) in [6.45, 7) is 8.54. The van der Waals surface area contributed by atoms with Crippen LogP contribution < -0.4 is 0 Å².